The smallest absolute Gasteiger partial charge is 0.242 e. The van der Waals surface area contributed by atoms with Crippen molar-refractivity contribution in [3.63, 3.8) is 0 Å². The number of amides is 1. The molecule has 78 valence electrons. The molecule has 1 N–H and O–H groups in total. The van der Waals surface area contributed by atoms with Crippen LogP contribution in [-0.4, -0.2) is 22.5 Å². The Kier molecular flexibility index (Phi) is 2.41. The maximum absolute atomic E-state index is 11.5. The lowest BCUT2D eigenvalue weighted by atomic mass is 10.2. The predicted molar refractivity (Wildman–Crippen MR) is 58.5 cm³/mol. The summed E-state index contributed by atoms with van der Waals surface area (Å²) in [5.41, 5.74) is 1.89. The van der Waals surface area contributed by atoms with Crippen LogP contribution in [0.4, 0.5) is 0 Å². The standard InChI is InChI=1S/C11H13N3O/c1-8(11(15)12-2)14-7-13-9-5-3-4-6-10(9)14/h3-8H,1-2H3,(H,12,15). The van der Waals surface area contributed by atoms with E-state index in [1.165, 1.54) is 0 Å². The lowest BCUT2D eigenvalue weighted by Gasteiger charge is -2.12. The third-order valence-electron chi connectivity index (χ3n) is 2.52. The van der Waals surface area contributed by atoms with Crippen molar-refractivity contribution in [1.82, 2.24) is 14.9 Å². The monoisotopic (exact) mass is 203 g/mol. The van der Waals surface area contributed by atoms with Crippen LogP contribution in [0, 0.1) is 0 Å². The predicted octanol–water partition coefficient (Wildman–Crippen LogP) is 1.34. The molecule has 0 spiro atoms. The number of hydrogen-bond acceptors (Lipinski definition) is 2. The molecule has 1 atom stereocenters. The fourth-order valence-electron chi connectivity index (χ4n) is 1.62. The largest absolute Gasteiger partial charge is 0.357 e. The Labute approximate surface area is 87.9 Å². The molecule has 4 nitrogen and oxygen atoms in total. The van der Waals surface area contributed by atoms with Crippen LogP contribution in [0.3, 0.4) is 0 Å². The molecule has 1 aromatic heterocycles. The SMILES string of the molecule is CNC(=O)C(C)n1cnc2ccccc21. The number of nitrogens with one attached hydrogen (secondary N) is 1. The van der Waals surface area contributed by atoms with E-state index in [-0.39, 0.29) is 11.9 Å². The summed E-state index contributed by atoms with van der Waals surface area (Å²) < 4.78 is 1.87. The van der Waals surface area contributed by atoms with Crippen LogP contribution < -0.4 is 5.32 Å². The van der Waals surface area contributed by atoms with Gasteiger partial charge in [0.15, 0.2) is 0 Å². The van der Waals surface area contributed by atoms with Crippen molar-refractivity contribution in [3.05, 3.63) is 30.6 Å². The third-order valence-corrected chi connectivity index (χ3v) is 2.52. The minimum atomic E-state index is -0.234. The van der Waals surface area contributed by atoms with Crippen molar-refractivity contribution < 1.29 is 4.79 Å². The number of para-hydroxylation sites is 2. The number of benzene rings is 1. The van der Waals surface area contributed by atoms with Crippen molar-refractivity contribution in [2.24, 2.45) is 0 Å². The zero-order valence-electron chi connectivity index (χ0n) is 8.77. The third kappa shape index (κ3) is 1.58. The second kappa shape index (κ2) is 3.73. The molecule has 0 aliphatic heterocycles. The molecule has 15 heavy (non-hydrogen) atoms. The number of fused-ring (bicyclic) bond motifs is 1. The van der Waals surface area contributed by atoms with Crippen molar-refractivity contribution in [1.29, 1.82) is 0 Å². The van der Waals surface area contributed by atoms with Crippen molar-refractivity contribution >= 4 is 16.9 Å². The first-order valence-corrected chi connectivity index (χ1v) is 4.87. The number of hydrogen-bond donors (Lipinski definition) is 1. The number of nitrogens with zero attached hydrogens (tertiary/aromatic N) is 2. The Morgan fingerprint density at radius 3 is 2.93 bits per heavy atom. The molecule has 1 aromatic carbocycles. The quantitative estimate of drug-likeness (QED) is 0.800. The van der Waals surface area contributed by atoms with Gasteiger partial charge >= 0.3 is 0 Å². The lowest BCUT2D eigenvalue weighted by molar-refractivity contribution is -0.123. The molecule has 0 aliphatic carbocycles. The number of rotatable bonds is 2. The fraction of sp³-hybridized carbons (Fsp3) is 0.273. The van der Waals surface area contributed by atoms with Gasteiger partial charge in [-0.3, -0.25) is 4.79 Å². The average molecular weight is 203 g/mol. The van der Waals surface area contributed by atoms with E-state index in [0.717, 1.165) is 11.0 Å². The first-order chi connectivity index (χ1) is 7.24. The number of carbonyl (C=O) groups excluding carboxylic acids is 1. The van der Waals surface area contributed by atoms with Crippen LogP contribution in [0.25, 0.3) is 11.0 Å². The summed E-state index contributed by atoms with van der Waals surface area (Å²) in [5.74, 6) is -0.0156. The molecule has 0 saturated carbocycles. The second-order valence-corrected chi connectivity index (χ2v) is 3.43. The van der Waals surface area contributed by atoms with E-state index >= 15 is 0 Å². The number of carbonyl (C=O) groups is 1. The zero-order chi connectivity index (χ0) is 10.8. The minimum Gasteiger partial charge on any atom is -0.357 e. The Balaban J connectivity index is 2.48. The molecule has 1 heterocycles. The highest BCUT2D eigenvalue weighted by Crippen LogP contribution is 2.16. The summed E-state index contributed by atoms with van der Waals surface area (Å²) >= 11 is 0. The van der Waals surface area contributed by atoms with Crippen LogP contribution in [0.1, 0.15) is 13.0 Å². The highest BCUT2D eigenvalue weighted by atomic mass is 16.2. The lowest BCUT2D eigenvalue weighted by Crippen LogP contribution is -2.27. The van der Waals surface area contributed by atoms with Crippen molar-refractivity contribution in [3.8, 4) is 0 Å². The molecule has 2 rings (SSSR count). The Morgan fingerprint density at radius 1 is 1.47 bits per heavy atom. The molecular formula is C11H13N3O. The number of imidazole rings is 1. The summed E-state index contributed by atoms with van der Waals surface area (Å²) in [6, 6.07) is 7.54. The van der Waals surface area contributed by atoms with Crippen molar-refractivity contribution in [2.45, 2.75) is 13.0 Å². The molecule has 4 heteroatoms. The van der Waals surface area contributed by atoms with Crippen LogP contribution in [0.5, 0.6) is 0 Å². The number of aromatic nitrogens is 2. The fourth-order valence-corrected chi connectivity index (χ4v) is 1.62. The van der Waals surface area contributed by atoms with Gasteiger partial charge in [0.1, 0.15) is 6.04 Å². The van der Waals surface area contributed by atoms with Gasteiger partial charge in [0.05, 0.1) is 17.4 Å². The normalized spacial score (nSPS) is 12.7. The van der Waals surface area contributed by atoms with Gasteiger partial charge in [-0.15, -0.1) is 0 Å². The van der Waals surface area contributed by atoms with Gasteiger partial charge in [-0.1, -0.05) is 12.1 Å². The van der Waals surface area contributed by atoms with Gasteiger partial charge in [0.25, 0.3) is 0 Å². The zero-order valence-corrected chi connectivity index (χ0v) is 8.77. The summed E-state index contributed by atoms with van der Waals surface area (Å²) in [5, 5.41) is 2.63. The number of likely N-dealkylation sites (N-methyl/N-ethyl adjacent to an activating group) is 1. The first-order valence-electron chi connectivity index (χ1n) is 4.87. The highest BCUT2D eigenvalue weighted by molar-refractivity contribution is 5.83. The molecular weight excluding hydrogens is 190 g/mol. The van der Waals surface area contributed by atoms with E-state index in [9.17, 15) is 4.79 Å². The van der Waals surface area contributed by atoms with Gasteiger partial charge in [-0.25, -0.2) is 4.98 Å². The first kappa shape index (κ1) is 9.71. The van der Waals surface area contributed by atoms with Gasteiger partial charge in [-0.2, -0.15) is 0 Å². The molecule has 1 unspecified atom stereocenters. The van der Waals surface area contributed by atoms with E-state index < -0.39 is 0 Å². The highest BCUT2D eigenvalue weighted by Gasteiger charge is 2.14. The molecule has 0 saturated heterocycles. The Hall–Kier alpha value is -1.84. The topological polar surface area (TPSA) is 46.9 Å². The van der Waals surface area contributed by atoms with E-state index in [2.05, 4.69) is 10.3 Å². The Bertz CT molecular complexity index is 489. The second-order valence-electron chi connectivity index (χ2n) is 3.43. The molecule has 1 amide bonds. The van der Waals surface area contributed by atoms with E-state index in [1.54, 1.807) is 13.4 Å². The van der Waals surface area contributed by atoms with Gasteiger partial charge in [0, 0.05) is 7.05 Å². The van der Waals surface area contributed by atoms with Gasteiger partial charge < -0.3 is 9.88 Å². The minimum absolute atomic E-state index is 0.0156. The van der Waals surface area contributed by atoms with E-state index in [4.69, 9.17) is 0 Å². The molecule has 0 fully saturated rings. The van der Waals surface area contributed by atoms with E-state index in [1.807, 2.05) is 35.8 Å². The molecule has 0 bridgehead atoms. The van der Waals surface area contributed by atoms with Crippen LogP contribution in [0.15, 0.2) is 30.6 Å². The molecule has 0 radical (unpaired) electrons. The Morgan fingerprint density at radius 2 is 2.20 bits per heavy atom. The van der Waals surface area contributed by atoms with Crippen LogP contribution in [0.2, 0.25) is 0 Å². The summed E-state index contributed by atoms with van der Waals surface area (Å²) in [4.78, 5) is 15.7. The van der Waals surface area contributed by atoms with Crippen LogP contribution in [-0.2, 0) is 4.79 Å². The van der Waals surface area contributed by atoms with Gasteiger partial charge in [0.2, 0.25) is 5.91 Å². The molecule has 0 aliphatic rings. The summed E-state index contributed by atoms with van der Waals surface area (Å²) in [6.45, 7) is 1.85. The molecule has 2 aromatic rings. The summed E-state index contributed by atoms with van der Waals surface area (Å²) in [6.07, 6.45) is 1.70. The van der Waals surface area contributed by atoms with E-state index in [0.29, 0.717) is 0 Å². The maximum atomic E-state index is 11.5. The van der Waals surface area contributed by atoms with Crippen LogP contribution >= 0.6 is 0 Å². The maximum Gasteiger partial charge on any atom is 0.242 e. The van der Waals surface area contributed by atoms with Gasteiger partial charge in [-0.05, 0) is 19.1 Å². The average Bonchev–Trinajstić information content (AvgIpc) is 2.70. The summed E-state index contributed by atoms with van der Waals surface area (Å²) in [7, 11) is 1.64. The van der Waals surface area contributed by atoms with Crippen molar-refractivity contribution in [2.75, 3.05) is 7.05 Å².